The van der Waals surface area contributed by atoms with E-state index in [-0.39, 0.29) is 5.54 Å². The number of rotatable bonds is 5. The van der Waals surface area contributed by atoms with Crippen molar-refractivity contribution in [3.8, 4) is 5.75 Å². The molecule has 0 atom stereocenters. The molecule has 3 N–H and O–H groups in total. The summed E-state index contributed by atoms with van der Waals surface area (Å²) >= 11 is 0. The smallest absolute Gasteiger partial charge is 0.121 e. The topological polar surface area (TPSA) is 46.2 Å². The van der Waals surface area contributed by atoms with Crippen LogP contribution in [0.1, 0.15) is 57.2 Å². The van der Waals surface area contributed by atoms with Gasteiger partial charge in [0.1, 0.15) is 5.75 Å². The predicted molar refractivity (Wildman–Crippen MR) is 73.3 cm³/mol. The van der Waals surface area contributed by atoms with E-state index in [1.165, 1.54) is 0 Å². The van der Waals surface area contributed by atoms with Crippen molar-refractivity contribution in [2.45, 2.75) is 58.9 Å². The van der Waals surface area contributed by atoms with Crippen LogP contribution in [0.4, 0.5) is 0 Å². The Kier molecular flexibility index (Phi) is 4.58. The highest BCUT2D eigenvalue weighted by atomic mass is 16.3. The van der Waals surface area contributed by atoms with E-state index in [4.69, 9.17) is 5.73 Å². The van der Waals surface area contributed by atoms with Crippen molar-refractivity contribution in [2.75, 3.05) is 0 Å². The van der Waals surface area contributed by atoms with Gasteiger partial charge in [0.05, 0.1) is 0 Å². The highest BCUT2D eigenvalue weighted by molar-refractivity contribution is 5.45. The fraction of sp³-hybridized carbons (Fsp3) is 0.600. The van der Waals surface area contributed by atoms with Gasteiger partial charge in [0.25, 0.3) is 0 Å². The number of hydrogen-bond donors (Lipinski definition) is 2. The lowest BCUT2D eigenvalue weighted by Gasteiger charge is -2.22. The minimum Gasteiger partial charge on any atom is -0.507 e. The molecule has 0 aliphatic rings. The summed E-state index contributed by atoms with van der Waals surface area (Å²) in [6.45, 7) is 8.26. The van der Waals surface area contributed by atoms with Crippen LogP contribution in [0.15, 0.2) is 12.1 Å². The number of benzene rings is 1. The summed E-state index contributed by atoms with van der Waals surface area (Å²) < 4.78 is 0. The SMILES string of the molecule is CCCc1cc(C(C)(C)N)cc(CCC)c1O. The van der Waals surface area contributed by atoms with E-state index in [1.807, 2.05) is 13.8 Å². The van der Waals surface area contributed by atoms with Crippen molar-refractivity contribution in [1.29, 1.82) is 0 Å². The maximum absolute atomic E-state index is 10.2. The van der Waals surface area contributed by atoms with Crippen LogP contribution in [-0.4, -0.2) is 5.11 Å². The fourth-order valence-electron chi connectivity index (χ4n) is 2.05. The molecule has 0 fully saturated rings. The average Bonchev–Trinajstić information content (AvgIpc) is 2.22. The van der Waals surface area contributed by atoms with Crippen LogP contribution in [0.3, 0.4) is 0 Å². The third-order valence-electron chi connectivity index (χ3n) is 3.05. The summed E-state index contributed by atoms with van der Waals surface area (Å²) in [6, 6.07) is 4.11. The van der Waals surface area contributed by atoms with E-state index >= 15 is 0 Å². The Bertz CT molecular complexity index is 350. The van der Waals surface area contributed by atoms with Crippen LogP contribution in [0, 0.1) is 0 Å². The molecule has 0 aliphatic carbocycles. The van der Waals surface area contributed by atoms with Gasteiger partial charge in [0, 0.05) is 5.54 Å². The first kappa shape index (κ1) is 14.0. The molecule has 17 heavy (non-hydrogen) atoms. The number of nitrogens with two attached hydrogens (primary N) is 1. The molecule has 2 heteroatoms. The largest absolute Gasteiger partial charge is 0.507 e. The van der Waals surface area contributed by atoms with Gasteiger partial charge in [-0.15, -0.1) is 0 Å². The van der Waals surface area contributed by atoms with Crippen molar-refractivity contribution in [3.63, 3.8) is 0 Å². The second-order valence-electron chi connectivity index (χ2n) is 5.36. The molecule has 1 aromatic carbocycles. The zero-order valence-corrected chi connectivity index (χ0v) is 11.5. The Morgan fingerprint density at radius 1 is 1.06 bits per heavy atom. The number of phenols is 1. The molecule has 0 amide bonds. The predicted octanol–water partition coefficient (Wildman–Crippen LogP) is 3.49. The Hall–Kier alpha value is -1.02. The van der Waals surface area contributed by atoms with Gasteiger partial charge in [-0.05, 0) is 43.4 Å². The highest BCUT2D eigenvalue weighted by Gasteiger charge is 2.18. The highest BCUT2D eigenvalue weighted by Crippen LogP contribution is 2.30. The molecule has 0 spiro atoms. The molecule has 0 saturated carbocycles. The molecule has 0 radical (unpaired) electrons. The lowest BCUT2D eigenvalue weighted by Crippen LogP contribution is -2.29. The number of aromatic hydroxyl groups is 1. The van der Waals surface area contributed by atoms with Crippen molar-refractivity contribution >= 4 is 0 Å². The molecule has 2 nitrogen and oxygen atoms in total. The van der Waals surface area contributed by atoms with E-state index in [1.54, 1.807) is 0 Å². The van der Waals surface area contributed by atoms with Gasteiger partial charge in [0.15, 0.2) is 0 Å². The van der Waals surface area contributed by atoms with Crippen molar-refractivity contribution in [3.05, 3.63) is 28.8 Å². The van der Waals surface area contributed by atoms with Gasteiger partial charge in [-0.2, -0.15) is 0 Å². The van der Waals surface area contributed by atoms with Gasteiger partial charge in [-0.25, -0.2) is 0 Å². The first-order valence-corrected chi connectivity index (χ1v) is 6.54. The number of phenolic OH excluding ortho intramolecular Hbond substituents is 1. The number of aryl methyl sites for hydroxylation is 2. The third-order valence-corrected chi connectivity index (χ3v) is 3.05. The normalized spacial score (nSPS) is 11.8. The second-order valence-corrected chi connectivity index (χ2v) is 5.36. The minimum absolute atomic E-state index is 0.349. The van der Waals surface area contributed by atoms with Crippen molar-refractivity contribution < 1.29 is 5.11 Å². The van der Waals surface area contributed by atoms with Gasteiger partial charge >= 0.3 is 0 Å². The van der Waals surface area contributed by atoms with Crippen LogP contribution in [0.5, 0.6) is 5.75 Å². The summed E-state index contributed by atoms with van der Waals surface area (Å²) in [5, 5.41) is 10.2. The Morgan fingerprint density at radius 2 is 1.47 bits per heavy atom. The number of hydrogen-bond acceptors (Lipinski definition) is 2. The molecule has 1 rings (SSSR count). The van der Waals surface area contributed by atoms with Crippen LogP contribution < -0.4 is 5.73 Å². The first-order chi connectivity index (χ1) is 7.90. The van der Waals surface area contributed by atoms with Gasteiger partial charge < -0.3 is 10.8 Å². The van der Waals surface area contributed by atoms with Gasteiger partial charge in [-0.3, -0.25) is 0 Å². The molecule has 0 bridgehead atoms. The molecule has 0 heterocycles. The fourth-order valence-corrected chi connectivity index (χ4v) is 2.05. The Morgan fingerprint density at radius 3 is 1.76 bits per heavy atom. The zero-order chi connectivity index (χ0) is 13.1. The quantitative estimate of drug-likeness (QED) is 0.820. The van der Waals surface area contributed by atoms with E-state index in [0.717, 1.165) is 42.4 Å². The van der Waals surface area contributed by atoms with Crippen molar-refractivity contribution in [2.24, 2.45) is 5.73 Å². The lowest BCUT2D eigenvalue weighted by molar-refractivity contribution is 0.457. The monoisotopic (exact) mass is 235 g/mol. The van der Waals surface area contributed by atoms with Gasteiger partial charge in [0.2, 0.25) is 0 Å². The Labute approximate surface area is 105 Å². The summed E-state index contributed by atoms with van der Waals surface area (Å²) in [5.41, 5.74) is 8.99. The molecule has 0 aromatic heterocycles. The molecule has 0 aliphatic heterocycles. The molecule has 0 unspecified atom stereocenters. The van der Waals surface area contributed by atoms with Crippen LogP contribution >= 0.6 is 0 Å². The van der Waals surface area contributed by atoms with Crippen LogP contribution in [0.2, 0.25) is 0 Å². The van der Waals surface area contributed by atoms with E-state index < -0.39 is 0 Å². The molecule has 0 saturated heterocycles. The maximum Gasteiger partial charge on any atom is 0.121 e. The average molecular weight is 235 g/mol. The minimum atomic E-state index is -0.349. The molecule has 96 valence electrons. The third kappa shape index (κ3) is 3.47. The van der Waals surface area contributed by atoms with Crippen LogP contribution in [0.25, 0.3) is 0 Å². The Balaban J connectivity index is 3.26. The molecule has 1 aromatic rings. The summed E-state index contributed by atoms with van der Waals surface area (Å²) in [5.74, 6) is 0.474. The standard InChI is InChI=1S/C15H25NO/c1-5-7-11-9-13(15(3,4)16)10-12(8-6-2)14(11)17/h9-10,17H,5-8,16H2,1-4H3. The second kappa shape index (κ2) is 5.54. The van der Waals surface area contributed by atoms with E-state index in [9.17, 15) is 5.11 Å². The van der Waals surface area contributed by atoms with Gasteiger partial charge in [-0.1, -0.05) is 38.8 Å². The maximum atomic E-state index is 10.2. The molecular formula is C15H25NO. The first-order valence-electron chi connectivity index (χ1n) is 6.54. The molecular weight excluding hydrogens is 210 g/mol. The van der Waals surface area contributed by atoms with Crippen LogP contribution in [-0.2, 0) is 18.4 Å². The van der Waals surface area contributed by atoms with Crippen molar-refractivity contribution in [1.82, 2.24) is 0 Å². The lowest BCUT2D eigenvalue weighted by atomic mass is 9.89. The summed E-state index contributed by atoms with van der Waals surface area (Å²) in [7, 11) is 0. The summed E-state index contributed by atoms with van der Waals surface area (Å²) in [4.78, 5) is 0. The zero-order valence-electron chi connectivity index (χ0n) is 11.5. The van der Waals surface area contributed by atoms with E-state index in [0.29, 0.717) is 5.75 Å². The summed E-state index contributed by atoms with van der Waals surface area (Å²) in [6.07, 6.45) is 3.89. The van der Waals surface area contributed by atoms with E-state index in [2.05, 4.69) is 26.0 Å².